The molecule has 2 aliphatic rings. The predicted molar refractivity (Wildman–Crippen MR) is 124 cm³/mol. The smallest absolute Gasteiger partial charge is 0.0475 e. The van der Waals surface area contributed by atoms with Gasteiger partial charge in [0, 0.05) is 59.6 Å². The van der Waals surface area contributed by atoms with E-state index in [4.69, 9.17) is 11.6 Å². The normalized spacial score (nSPS) is 17.0. The van der Waals surface area contributed by atoms with E-state index in [1.165, 1.54) is 66.7 Å². The van der Waals surface area contributed by atoms with Crippen molar-refractivity contribution in [1.29, 1.82) is 0 Å². The Morgan fingerprint density at radius 1 is 0.966 bits per heavy atom. The number of H-pyrrole nitrogens is 1. The standard InChI is InChI=1S/C25H28ClN3/c26-21-7-8-22-23(18-27-24(22)17-21)19-9-14-28(15-10-19)12-3-4-13-29-16-11-20-5-1-2-6-25(20)29/h1-2,5-9,17-18,27H,3-4,10-16H2. The molecule has 0 bridgehead atoms. The molecule has 4 heteroatoms. The Bertz CT molecular complexity index is 1040. The second-order valence-electron chi connectivity index (χ2n) is 8.25. The summed E-state index contributed by atoms with van der Waals surface area (Å²) >= 11 is 6.12. The summed E-state index contributed by atoms with van der Waals surface area (Å²) in [6, 6.07) is 15.0. The highest BCUT2D eigenvalue weighted by Gasteiger charge is 2.18. The van der Waals surface area contributed by atoms with E-state index < -0.39 is 0 Å². The molecule has 0 radical (unpaired) electrons. The van der Waals surface area contributed by atoms with Gasteiger partial charge in [0.05, 0.1) is 0 Å². The molecular formula is C25H28ClN3. The van der Waals surface area contributed by atoms with E-state index in [-0.39, 0.29) is 0 Å². The molecule has 0 atom stereocenters. The Labute approximate surface area is 178 Å². The Hall–Kier alpha value is -2.23. The average molecular weight is 406 g/mol. The molecule has 3 nitrogen and oxygen atoms in total. The largest absolute Gasteiger partial charge is 0.371 e. The average Bonchev–Trinajstić information content (AvgIpc) is 3.35. The maximum atomic E-state index is 6.12. The molecule has 3 heterocycles. The van der Waals surface area contributed by atoms with Gasteiger partial charge in [-0.3, -0.25) is 4.90 Å². The van der Waals surface area contributed by atoms with Crippen LogP contribution in [0.2, 0.25) is 5.02 Å². The third kappa shape index (κ3) is 3.94. The number of halogens is 1. The van der Waals surface area contributed by atoms with Gasteiger partial charge in [0.1, 0.15) is 0 Å². The van der Waals surface area contributed by atoms with E-state index in [0.717, 1.165) is 30.0 Å². The highest BCUT2D eigenvalue weighted by molar-refractivity contribution is 6.31. The van der Waals surface area contributed by atoms with Crippen molar-refractivity contribution in [2.45, 2.75) is 25.7 Å². The first-order valence-corrected chi connectivity index (χ1v) is 11.2. The van der Waals surface area contributed by atoms with E-state index >= 15 is 0 Å². The summed E-state index contributed by atoms with van der Waals surface area (Å²) in [4.78, 5) is 8.52. The Morgan fingerprint density at radius 3 is 2.76 bits per heavy atom. The van der Waals surface area contributed by atoms with Crippen LogP contribution in [0.15, 0.2) is 54.7 Å². The molecule has 1 aromatic heterocycles. The topological polar surface area (TPSA) is 22.3 Å². The molecule has 3 aromatic rings. The maximum Gasteiger partial charge on any atom is 0.0475 e. The first kappa shape index (κ1) is 18.8. The van der Waals surface area contributed by atoms with Crippen molar-refractivity contribution in [2.75, 3.05) is 37.6 Å². The minimum absolute atomic E-state index is 0.784. The number of nitrogens with zero attached hydrogens (tertiary/aromatic N) is 2. The van der Waals surface area contributed by atoms with Gasteiger partial charge in [-0.25, -0.2) is 0 Å². The zero-order valence-corrected chi connectivity index (χ0v) is 17.6. The van der Waals surface area contributed by atoms with E-state index in [2.05, 4.69) is 57.4 Å². The number of fused-ring (bicyclic) bond motifs is 2. The first-order chi connectivity index (χ1) is 14.3. The lowest BCUT2D eigenvalue weighted by Crippen LogP contribution is -2.30. The second kappa shape index (κ2) is 8.25. The molecule has 29 heavy (non-hydrogen) atoms. The molecule has 2 aromatic carbocycles. The highest BCUT2D eigenvalue weighted by atomic mass is 35.5. The van der Waals surface area contributed by atoms with Crippen LogP contribution in [0.1, 0.15) is 30.4 Å². The van der Waals surface area contributed by atoms with Crippen molar-refractivity contribution >= 4 is 33.8 Å². The SMILES string of the molecule is Clc1ccc2c(C3=CCN(CCCCN4CCc5ccccc54)CC3)c[nH]c2c1. The van der Waals surface area contributed by atoms with Gasteiger partial charge in [0.2, 0.25) is 0 Å². The van der Waals surface area contributed by atoms with Crippen LogP contribution in [-0.2, 0) is 6.42 Å². The molecular weight excluding hydrogens is 378 g/mol. The van der Waals surface area contributed by atoms with E-state index in [9.17, 15) is 0 Å². The van der Waals surface area contributed by atoms with Crippen molar-refractivity contribution in [3.63, 3.8) is 0 Å². The molecule has 150 valence electrons. The summed E-state index contributed by atoms with van der Waals surface area (Å²) in [6.07, 6.45) is 9.41. The lowest BCUT2D eigenvalue weighted by atomic mass is 9.99. The highest BCUT2D eigenvalue weighted by Crippen LogP contribution is 2.31. The Morgan fingerprint density at radius 2 is 1.86 bits per heavy atom. The molecule has 0 unspecified atom stereocenters. The van der Waals surface area contributed by atoms with Gasteiger partial charge >= 0.3 is 0 Å². The van der Waals surface area contributed by atoms with Crippen LogP contribution < -0.4 is 4.90 Å². The number of nitrogens with one attached hydrogen (secondary N) is 1. The third-order valence-electron chi connectivity index (χ3n) is 6.42. The van der Waals surface area contributed by atoms with Crippen molar-refractivity contribution < 1.29 is 0 Å². The van der Waals surface area contributed by atoms with Crippen molar-refractivity contribution in [3.8, 4) is 0 Å². The number of hydrogen-bond acceptors (Lipinski definition) is 2. The number of anilines is 1. The quantitative estimate of drug-likeness (QED) is 0.527. The van der Waals surface area contributed by atoms with Gasteiger partial charge in [-0.05, 0) is 61.6 Å². The van der Waals surface area contributed by atoms with Crippen LogP contribution in [0.5, 0.6) is 0 Å². The molecule has 0 fully saturated rings. The van der Waals surface area contributed by atoms with Crippen LogP contribution >= 0.6 is 11.6 Å². The van der Waals surface area contributed by atoms with Crippen LogP contribution in [0, 0.1) is 0 Å². The zero-order chi connectivity index (χ0) is 19.6. The Balaban J connectivity index is 1.12. The lowest BCUT2D eigenvalue weighted by molar-refractivity contribution is 0.295. The minimum Gasteiger partial charge on any atom is -0.371 e. The van der Waals surface area contributed by atoms with Crippen LogP contribution in [0.25, 0.3) is 16.5 Å². The van der Waals surface area contributed by atoms with Crippen molar-refractivity contribution in [2.24, 2.45) is 0 Å². The van der Waals surface area contributed by atoms with Crippen LogP contribution in [0.3, 0.4) is 0 Å². The molecule has 0 amide bonds. The summed E-state index contributed by atoms with van der Waals surface area (Å²) in [7, 11) is 0. The minimum atomic E-state index is 0.784. The predicted octanol–water partition coefficient (Wildman–Crippen LogP) is 5.75. The van der Waals surface area contributed by atoms with E-state index in [0.29, 0.717) is 0 Å². The summed E-state index contributed by atoms with van der Waals surface area (Å²) in [6.45, 7) is 5.78. The number of para-hydroxylation sites is 1. The fourth-order valence-electron chi connectivity index (χ4n) is 4.80. The van der Waals surface area contributed by atoms with Crippen molar-refractivity contribution in [3.05, 3.63) is 70.9 Å². The zero-order valence-electron chi connectivity index (χ0n) is 16.8. The monoisotopic (exact) mass is 405 g/mol. The van der Waals surface area contributed by atoms with Gasteiger partial charge in [0.25, 0.3) is 0 Å². The van der Waals surface area contributed by atoms with E-state index in [1.54, 1.807) is 0 Å². The summed E-state index contributed by atoms with van der Waals surface area (Å²) in [5.41, 5.74) is 6.89. The fourth-order valence-corrected chi connectivity index (χ4v) is 4.97. The maximum absolute atomic E-state index is 6.12. The number of aromatic amines is 1. The third-order valence-corrected chi connectivity index (χ3v) is 6.65. The molecule has 0 saturated carbocycles. The van der Waals surface area contributed by atoms with Gasteiger partial charge in [-0.2, -0.15) is 0 Å². The van der Waals surface area contributed by atoms with Crippen LogP contribution in [-0.4, -0.2) is 42.6 Å². The molecule has 1 N–H and O–H groups in total. The van der Waals surface area contributed by atoms with Gasteiger partial charge in [-0.1, -0.05) is 41.9 Å². The van der Waals surface area contributed by atoms with Gasteiger partial charge in [0.15, 0.2) is 0 Å². The number of hydrogen-bond donors (Lipinski definition) is 1. The molecule has 5 rings (SSSR count). The fraction of sp³-hybridized carbons (Fsp3) is 0.360. The van der Waals surface area contributed by atoms with Gasteiger partial charge < -0.3 is 9.88 Å². The number of aromatic nitrogens is 1. The Kier molecular flexibility index (Phi) is 5.34. The number of benzene rings is 2. The van der Waals surface area contributed by atoms with Crippen LogP contribution in [0.4, 0.5) is 5.69 Å². The van der Waals surface area contributed by atoms with Crippen molar-refractivity contribution in [1.82, 2.24) is 9.88 Å². The summed E-state index contributed by atoms with van der Waals surface area (Å²) in [5, 5.41) is 2.06. The summed E-state index contributed by atoms with van der Waals surface area (Å²) < 4.78 is 0. The molecule has 0 saturated heterocycles. The number of unbranched alkanes of at least 4 members (excludes halogenated alkanes) is 1. The molecule has 0 aliphatic carbocycles. The molecule has 2 aliphatic heterocycles. The second-order valence-corrected chi connectivity index (χ2v) is 8.68. The first-order valence-electron chi connectivity index (χ1n) is 10.8. The summed E-state index contributed by atoms with van der Waals surface area (Å²) in [5.74, 6) is 0. The lowest BCUT2D eigenvalue weighted by Gasteiger charge is -2.27. The molecule has 0 spiro atoms. The van der Waals surface area contributed by atoms with E-state index in [1.807, 2.05) is 12.1 Å². The van der Waals surface area contributed by atoms with Gasteiger partial charge in [-0.15, -0.1) is 0 Å². The number of rotatable bonds is 6.